The van der Waals surface area contributed by atoms with Gasteiger partial charge in [0.2, 0.25) is 0 Å². The Bertz CT molecular complexity index is 867. The van der Waals surface area contributed by atoms with Gasteiger partial charge in [0.1, 0.15) is 0 Å². The summed E-state index contributed by atoms with van der Waals surface area (Å²) in [6.45, 7) is 0. The van der Waals surface area contributed by atoms with E-state index in [2.05, 4.69) is 131 Å². The molecule has 3 heteroatoms. The predicted molar refractivity (Wildman–Crippen MR) is 127 cm³/mol. The van der Waals surface area contributed by atoms with Crippen molar-refractivity contribution >= 4 is 53.5 Å². The summed E-state index contributed by atoms with van der Waals surface area (Å²) in [6, 6.07) is 37.7. The first-order chi connectivity index (χ1) is 12.7. The number of hydrogen-bond donors (Lipinski definition) is 0. The maximum atomic E-state index is 2.84. The summed E-state index contributed by atoms with van der Waals surface area (Å²) in [5.41, 5.74) is 0. The molecule has 3 aromatic carbocycles. The first-order valence-corrected chi connectivity index (χ1v) is 14.7. The molecule has 0 radical (unpaired) electrons. The Morgan fingerprint density at radius 1 is 0.577 bits per heavy atom. The van der Waals surface area contributed by atoms with Crippen LogP contribution in [0.15, 0.2) is 109 Å². The minimum atomic E-state index is -2.66. The Kier molecular flexibility index (Phi) is 5.00. The molecule has 4 aromatic rings. The zero-order valence-electron chi connectivity index (χ0n) is 14.3. The van der Waals surface area contributed by atoms with Gasteiger partial charge in [0.15, 0.2) is 0 Å². The van der Waals surface area contributed by atoms with Gasteiger partial charge in [-0.2, -0.15) is 0 Å². The quantitative estimate of drug-likeness (QED) is 0.235. The standard InChI is InChI=1S/C23H20IPS/c24-25(19-23-17-10-18-26-23,20-11-4-1-5-12-20,21-13-6-2-7-14-21)22-15-8-3-9-16-22/h1-18H,19H2. The molecule has 0 nitrogen and oxygen atoms in total. The molecule has 130 valence electrons. The van der Waals surface area contributed by atoms with E-state index in [1.165, 1.54) is 20.8 Å². The van der Waals surface area contributed by atoms with Crippen molar-refractivity contribution in [2.45, 2.75) is 6.16 Å². The Hall–Kier alpha value is -1.48. The molecule has 4 rings (SSSR count). The summed E-state index contributed by atoms with van der Waals surface area (Å²) in [5, 5.41) is 6.49. The van der Waals surface area contributed by atoms with Crippen LogP contribution in [0.5, 0.6) is 0 Å². The van der Waals surface area contributed by atoms with Crippen molar-refractivity contribution in [3.8, 4) is 0 Å². The Morgan fingerprint density at radius 3 is 1.35 bits per heavy atom. The van der Waals surface area contributed by atoms with Gasteiger partial charge in [0.25, 0.3) is 0 Å². The van der Waals surface area contributed by atoms with Crippen LogP contribution in [-0.4, -0.2) is 0 Å². The van der Waals surface area contributed by atoms with E-state index in [-0.39, 0.29) is 0 Å². The molecule has 0 amide bonds. The van der Waals surface area contributed by atoms with Crippen LogP contribution in [0.1, 0.15) is 4.88 Å². The third-order valence-corrected chi connectivity index (χ3v) is 17.1. The van der Waals surface area contributed by atoms with E-state index in [1.807, 2.05) is 11.3 Å². The van der Waals surface area contributed by atoms with Gasteiger partial charge in [-0.3, -0.25) is 0 Å². The van der Waals surface area contributed by atoms with Gasteiger partial charge < -0.3 is 0 Å². The van der Waals surface area contributed by atoms with Crippen LogP contribution in [-0.2, 0) is 6.16 Å². The van der Waals surface area contributed by atoms with Crippen LogP contribution in [0.2, 0.25) is 0 Å². The third-order valence-electron chi connectivity index (χ3n) is 4.92. The first kappa shape index (κ1) is 17.9. The van der Waals surface area contributed by atoms with E-state index in [1.54, 1.807) is 0 Å². The monoisotopic (exact) mass is 486 g/mol. The van der Waals surface area contributed by atoms with E-state index < -0.39 is 4.25 Å². The SMILES string of the molecule is IP(Cc1cccs1)(c1ccccc1)(c1ccccc1)c1ccccc1. The fraction of sp³-hybridized carbons (Fsp3) is 0.0435. The van der Waals surface area contributed by atoms with Crippen LogP contribution in [0.4, 0.5) is 0 Å². The van der Waals surface area contributed by atoms with Crippen molar-refractivity contribution in [2.75, 3.05) is 0 Å². The van der Waals surface area contributed by atoms with Crippen molar-refractivity contribution in [2.24, 2.45) is 0 Å². The molecule has 0 N–H and O–H groups in total. The molecule has 0 atom stereocenters. The molecule has 0 saturated carbocycles. The van der Waals surface area contributed by atoms with Gasteiger partial charge in [0, 0.05) is 0 Å². The average Bonchev–Trinajstić information content (AvgIpc) is 3.23. The zero-order chi connectivity index (χ0) is 17.9. The van der Waals surface area contributed by atoms with Crippen molar-refractivity contribution in [3.05, 3.63) is 113 Å². The van der Waals surface area contributed by atoms with Gasteiger partial charge in [-0.1, -0.05) is 0 Å². The van der Waals surface area contributed by atoms with Gasteiger partial charge in [-0.05, 0) is 0 Å². The molecule has 0 aliphatic rings. The summed E-state index contributed by atoms with van der Waals surface area (Å²) in [4.78, 5) is 1.44. The Balaban J connectivity index is 2.10. The van der Waals surface area contributed by atoms with E-state index in [0.717, 1.165) is 6.16 Å². The van der Waals surface area contributed by atoms with Crippen LogP contribution in [0.3, 0.4) is 0 Å². The molecule has 0 bridgehead atoms. The van der Waals surface area contributed by atoms with Gasteiger partial charge in [-0.25, -0.2) is 0 Å². The van der Waals surface area contributed by atoms with Crippen molar-refractivity contribution in [1.29, 1.82) is 0 Å². The topological polar surface area (TPSA) is 0 Å². The van der Waals surface area contributed by atoms with Crippen LogP contribution < -0.4 is 15.9 Å². The second-order valence-electron chi connectivity index (χ2n) is 6.43. The fourth-order valence-corrected chi connectivity index (χ4v) is 14.4. The molecule has 0 unspecified atom stereocenters. The van der Waals surface area contributed by atoms with Crippen molar-refractivity contribution < 1.29 is 0 Å². The Labute approximate surface area is 172 Å². The normalized spacial score (nSPS) is 13.0. The van der Waals surface area contributed by atoms with Crippen LogP contribution >= 0.6 is 37.6 Å². The van der Waals surface area contributed by atoms with Gasteiger partial charge in [0.05, 0.1) is 0 Å². The molecule has 0 aliphatic carbocycles. The molecular weight excluding hydrogens is 466 g/mol. The molecule has 1 heterocycles. The number of thiophene rings is 1. The van der Waals surface area contributed by atoms with Crippen LogP contribution in [0, 0.1) is 0 Å². The number of hydrogen-bond acceptors (Lipinski definition) is 1. The number of halogens is 1. The molecule has 0 spiro atoms. The molecular formula is C23H20IPS. The number of rotatable bonds is 5. The second kappa shape index (κ2) is 7.26. The summed E-state index contributed by atoms with van der Waals surface area (Å²) in [6.07, 6.45) is 1.04. The molecule has 0 fully saturated rings. The van der Waals surface area contributed by atoms with E-state index in [9.17, 15) is 0 Å². The maximum absolute atomic E-state index is 2.84. The summed E-state index contributed by atoms with van der Waals surface area (Å²) in [7, 11) is 0. The fourth-order valence-electron chi connectivity index (χ4n) is 3.63. The van der Waals surface area contributed by atoms with Crippen LogP contribution in [0.25, 0.3) is 0 Å². The minimum absolute atomic E-state index is 1.04. The summed E-state index contributed by atoms with van der Waals surface area (Å²) >= 11 is 4.70. The molecule has 0 saturated heterocycles. The second-order valence-corrected chi connectivity index (χ2v) is 18.1. The molecule has 1 aromatic heterocycles. The van der Waals surface area contributed by atoms with E-state index in [0.29, 0.717) is 0 Å². The Morgan fingerprint density at radius 2 is 1.00 bits per heavy atom. The van der Waals surface area contributed by atoms with E-state index >= 15 is 0 Å². The molecule has 26 heavy (non-hydrogen) atoms. The number of benzene rings is 3. The third kappa shape index (κ3) is 2.94. The van der Waals surface area contributed by atoms with Crippen molar-refractivity contribution in [1.82, 2.24) is 0 Å². The summed E-state index contributed by atoms with van der Waals surface area (Å²) < 4.78 is -2.66. The van der Waals surface area contributed by atoms with Gasteiger partial charge >= 0.3 is 173 Å². The summed E-state index contributed by atoms with van der Waals surface area (Å²) in [5.74, 6) is 0. The van der Waals surface area contributed by atoms with E-state index in [4.69, 9.17) is 0 Å². The molecule has 0 aliphatic heterocycles. The average molecular weight is 486 g/mol. The van der Waals surface area contributed by atoms with Crippen molar-refractivity contribution in [3.63, 3.8) is 0 Å². The zero-order valence-corrected chi connectivity index (χ0v) is 18.2. The first-order valence-electron chi connectivity index (χ1n) is 8.64. The predicted octanol–water partition coefficient (Wildman–Crippen LogP) is 6.13. The van der Waals surface area contributed by atoms with Gasteiger partial charge in [-0.15, -0.1) is 0 Å².